The summed E-state index contributed by atoms with van der Waals surface area (Å²) in [6.45, 7) is 0. The van der Waals surface area contributed by atoms with Crippen LogP contribution in [0.4, 0.5) is 10.1 Å². The molecule has 0 unspecified atom stereocenters. The molecule has 3 rings (SSSR count). The molecule has 0 aliphatic carbocycles. The fraction of sp³-hybridized carbons (Fsp3) is 0.0714. The van der Waals surface area contributed by atoms with Crippen molar-refractivity contribution in [3.63, 3.8) is 0 Å². The summed E-state index contributed by atoms with van der Waals surface area (Å²) in [5.41, 5.74) is 0.794. The molecule has 1 amide bonds. The minimum Gasteiger partial charge on any atom is -0.481 e. The lowest BCUT2D eigenvalue weighted by Crippen LogP contribution is -2.13. The Hall–Kier alpha value is -2.48. The Balaban J connectivity index is 1.96. The molecular weight excluding hydrogens is 355 g/mol. The second kappa shape index (κ2) is 5.72. The van der Waals surface area contributed by atoms with Gasteiger partial charge in [-0.25, -0.2) is 14.4 Å². The number of anilines is 1. The number of nitrogens with zero attached hydrogens (tertiary/aromatic N) is 2. The first kappa shape index (κ1) is 14.5. The van der Waals surface area contributed by atoms with Crippen LogP contribution in [0.1, 0.15) is 10.5 Å². The van der Waals surface area contributed by atoms with Crippen LogP contribution in [0.2, 0.25) is 0 Å². The van der Waals surface area contributed by atoms with Gasteiger partial charge in [-0.05, 0) is 22.0 Å². The van der Waals surface area contributed by atoms with Gasteiger partial charge in [0.25, 0.3) is 5.91 Å². The third kappa shape index (κ3) is 2.52. The molecule has 0 aromatic carbocycles. The van der Waals surface area contributed by atoms with E-state index in [1.165, 1.54) is 25.6 Å². The summed E-state index contributed by atoms with van der Waals surface area (Å²) in [5, 5.41) is 2.81. The smallest absolute Gasteiger partial charge is 0.274 e. The predicted molar refractivity (Wildman–Crippen MR) is 82.5 cm³/mol. The van der Waals surface area contributed by atoms with E-state index in [4.69, 9.17) is 4.74 Å². The summed E-state index contributed by atoms with van der Waals surface area (Å²) in [6, 6.07) is 4.81. The first-order valence-corrected chi connectivity index (χ1v) is 7.03. The summed E-state index contributed by atoms with van der Waals surface area (Å²) in [6.07, 6.45) is 2.83. The number of halogens is 2. The number of H-pyrrole nitrogens is 1. The standard InChI is InChI=1S/C14H10BrFN4O2/c1-22-10-4-2-3-8(19-10)14(21)20-9-6-18-13-11(9)12(16)7(15)5-17-13/h2-6H,1H3,(H,17,18)(H,20,21). The lowest BCUT2D eigenvalue weighted by atomic mass is 10.2. The number of methoxy groups -OCH3 is 1. The summed E-state index contributed by atoms with van der Waals surface area (Å²) < 4.78 is 19.4. The van der Waals surface area contributed by atoms with Crippen LogP contribution in [0.3, 0.4) is 0 Å². The first-order chi connectivity index (χ1) is 10.6. The fourth-order valence-electron chi connectivity index (χ4n) is 1.97. The Kier molecular flexibility index (Phi) is 3.76. The monoisotopic (exact) mass is 364 g/mol. The lowest BCUT2D eigenvalue weighted by molar-refractivity contribution is 0.102. The van der Waals surface area contributed by atoms with E-state index in [2.05, 4.69) is 36.2 Å². The number of pyridine rings is 2. The summed E-state index contributed by atoms with van der Waals surface area (Å²) in [5.74, 6) is -0.651. The van der Waals surface area contributed by atoms with Gasteiger partial charge in [0.2, 0.25) is 5.88 Å². The Morgan fingerprint density at radius 2 is 2.27 bits per heavy atom. The van der Waals surface area contributed by atoms with Crippen molar-refractivity contribution in [2.45, 2.75) is 0 Å². The van der Waals surface area contributed by atoms with Gasteiger partial charge in [0.1, 0.15) is 11.3 Å². The first-order valence-electron chi connectivity index (χ1n) is 6.23. The predicted octanol–water partition coefficient (Wildman–Crippen LogP) is 3.12. The molecule has 0 radical (unpaired) electrons. The minimum atomic E-state index is -0.500. The normalized spacial score (nSPS) is 10.7. The highest BCUT2D eigenvalue weighted by Crippen LogP contribution is 2.29. The fourth-order valence-corrected chi connectivity index (χ4v) is 2.27. The summed E-state index contributed by atoms with van der Waals surface area (Å²) >= 11 is 3.07. The second-order valence-electron chi connectivity index (χ2n) is 4.37. The summed E-state index contributed by atoms with van der Waals surface area (Å²) in [4.78, 5) is 23.1. The lowest BCUT2D eigenvalue weighted by Gasteiger charge is -2.05. The van der Waals surface area contributed by atoms with Crippen molar-refractivity contribution >= 4 is 38.6 Å². The number of hydrogen-bond acceptors (Lipinski definition) is 4. The maximum absolute atomic E-state index is 14.2. The Morgan fingerprint density at radius 3 is 3.05 bits per heavy atom. The van der Waals surface area contributed by atoms with Crippen LogP contribution < -0.4 is 10.1 Å². The van der Waals surface area contributed by atoms with E-state index < -0.39 is 11.7 Å². The number of hydrogen-bond donors (Lipinski definition) is 2. The molecule has 0 aliphatic rings. The van der Waals surface area contributed by atoms with Crippen LogP contribution in [-0.4, -0.2) is 28.0 Å². The van der Waals surface area contributed by atoms with Crippen molar-refractivity contribution in [2.75, 3.05) is 12.4 Å². The van der Waals surface area contributed by atoms with E-state index in [0.717, 1.165) is 0 Å². The van der Waals surface area contributed by atoms with Crippen LogP contribution in [0.5, 0.6) is 5.88 Å². The van der Waals surface area contributed by atoms with Crippen LogP contribution in [-0.2, 0) is 0 Å². The van der Waals surface area contributed by atoms with Gasteiger partial charge in [-0.3, -0.25) is 4.79 Å². The van der Waals surface area contributed by atoms with Gasteiger partial charge >= 0.3 is 0 Å². The zero-order valence-electron chi connectivity index (χ0n) is 11.4. The number of rotatable bonds is 3. The van der Waals surface area contributed by atoms with E-state index >= 15 is 0 Å². The number of carbonyl (C=O) groups is 1. The third-order valence-corrected chi connectivity index (χ3v) is 3.56. The number of amides is 1. The highest BCUT2D eigenvalue weighted by Gasteiger charge is 2.16. The highest BCUT2D eigenvalue weighted by atomic mass is 79.9. The molecule has 22 heavy (non-hydrogen) atoms. The average Bonchev–Trinajstić information content (AvgIpc) is 2.94. The van der Waals surface area contributed by atoms with E-state index in [1.54, 1.807) is 12.1 Å². The van der Waals surface area contributed by atoms with Crippen molar-refractivity contribution < 1.29 is 13.9 Å². The number of ether oxygens (including phenoxy) is 1. The maximum Gasteiger partial charge on any atom is 0.274 e. The van der Waals surface area contributed by atoms with Crippen molar-refractivity contribution in [1.82, 2.24) is 15.0 Å². The van der Waals surface area contributed by atoms with Gasteiger partial charge in [-0.1, -0.05) is 6.07 Å². The molecular formula is C14H10BrFN4O2. The van der Waals surface area contributed by atoms with E-state index in [1.807, 2.05) is 0 Å². The second-order valence-corrected chi connectivity index (χ2v) is 5.22. The number of carbonyl (C=O) groups excluding carboxylic acids is 1. The zero-order chi connectivity index (χ0) is 15.7. The molecule has 0 fully saturated rings. The van der Waals surface area contributed by atoms with Gasteiger partial charge in [-0.15, -0.1) is 0 Å². The largest absolute Gasteiger partial charge is 0.481 e. The number of nitrogens with one attached hydrogen (secondary N) is 2. The van der Waals surface area contributed by atoms with Crippen LogP contribution in [0.15, 0.2) is 35.1 Å². The average molecular weight is 365 g/mol. The molecule has 0 saturated heterocycles. The molecule has 0 atom stereocenters. The molecule has 3 aromatic heterocycles. The van der Waals surface area contributed by atoms with Gasteiger partial charge in [0.15, 0.2) is 5.82 Å². The van der Waals surface area contributed by atoms with Crippen molar-refractivity contribution in [1.29, 1.82) is 0 Å². The van der Waals surface area contributed by atoms with E-state index in [-0.39, 0.29) is 21.2 Å². The molecule has 3 aromatic rings. The molecule has 6 nitrogen and oxygen atoms in total. The molecule has 0 spiro atoms. The van der Waals surface area contributed by atoms with Gasteiger partial charge < -0.3 is 15.0 Å². The van der Waals surface area contributed by atoms with Crippen molar-refractivity contribution in [3.8, 4) is 5.88 Å². The molecule has 0 bridgehead atoms. The van der Waals surface area contributed by atoms with Crippen LogP contribution >= 0.6 is 15.9 Å². The topological polar surface area (TPSA) is 79.9 Å². The Labute approximate surface area is 132 Å². The molecule has 0 aliphatic heterocycles. The quantitative estimate of drug-likeness (QED) is 0.748. The van der Waals surface area contributed by atoms with Crippen molar-refractivity contribution in [3.05, 3.63) is 46.6 Å². The Morgan fingerprint density at radius 1 is 1.45 bits per heavy atom. The van der Waals surface area contributed by atoms with Gasteiger partial charge in [0.05, 0.1) is 22.7 Å². The number of aromatic amines is 1. The molecule has 112 valence electrons. The van der Waals surface area contributed by atoms with Crippen molar-refractivity contribution in [2.24, 2.45) is 0 Å². The number of fused-ring (bicyclic) bond motifs is 1. The van der Waals surface area contributed by atoms with E-state index in [0.29, 0.717) is 11.5 Å². The van der Waals surface area contributed by atoms with E-state index in [9.17, 15) is 9.18 Å². The molecule has 8 heteroatoms. The van der Waals surface area contributed by atoms with Gasteiger partial charge in [0, 0.05) is 18.5 Å². The molecule has 0 saturated carbocycles. The zero-order valence-corrected chi connectivity index (χ0v) is 12.9. The Bertz CT molecular complexity index is 865. The van der Waals surface area contributed by atoms with Gasteiger partial charge in [-0.2, -0.15) is 0 Å². The highest BCUT2D eigenvalue weighted by molar-refractivity contribution is 9.10. The molecule has 3 heterocycles. The summed E-state index contributed by atoms with van der Waals surface area (Å²) in [7, 11) is 1.46. The van der Waals surface area contributed by atoms with Crippen LogP contribution in [0, 0.1) is 5.82 Å². The third-order valence-electron chi connectivity index (χ3n) is 3.01. The van der Waals surface area contributed by atoms with Crippen LogP contribution in [0.25, 0.3) is 11.0 Å². The maximum atomic E-state index is 14.2. The molecule has 2 N–H and O–H groups in total. The SMILES string of the molecule is COc1cccc(C(=O)Nc2c[nH]c3ncc(Br)c(F)c23)n1. The number of aromatic nitrogens is 3. The minimum absolute atomic E-state index is 0.164.